The number of benzene rings is 2. The van der Waals surface area contributed by atoms with Gasteiger partial charge in [-0.1, -0.05) is 28.1 Å². The fraction of sp³-hybridized carbons (Fsp3) is 0.167. The third-order valence-corrected chi connectivity index (χ3v) is 3.70. The summed E-state index contributed by atoms with van der Waals surface area (Å²) in [6.45, 7) is 0.440. The fourth-order valence-corrected chi connectivity index (χ4v) is 2.41. The first-order chi connectivity index (χ1) is 11.1. The smallest absolute Gasteiger partial charge is 0.244 e. The quantitative estimate of drug-likeness (QED) is 0.781. The maximum Gasteiger partial charge on any atom is 0.244 e. The molecule has 0 bridgehead atoms. The standard InChI is InChI=1S/C18H18BrNO3/c1-22-16-5-3-4-13(10-16)12-20-18(21)9-6-14-11-15(19)7-8-17(14)23-2/h3-11H,12H2,1-2H3,(H,20,21)/b9-6+. The molecule has 0 aliphatic carbocycles. The van der Waals surface area contributed by atoms with Crippen LogP contribution in [0.25, 0.3) is 6.08 Å². The van der Waals surface area contributed by atoms with E-state index in [1.807, 2.05) is 42.5 Å². The molecular formula is C18H18BrNO3. The normalized spacial score (nSPS) is 10.6. The van der Waals surface area contributed by atoms with E-state index in [0.29, 0.717) is 12.3 Å². The number of rotatable bonds is 6. The number of carbonyl (C=O) groups excluding carboxylic acids is 1. The van der Waals surface area contributed by atoms with Crippen molar-refractivity contribution >= 4 is 27.9 Å². The third-order valence-electron chi connectivity index (χ3n) is 3.21. The maximum absolute atomic E-state index is 11.9. The van der Waals surface area contributed by atoms with Crippen molar-refractivity contribution < 1.29 is 14.3 Å². The highest BCUT2D eigenvalue weighted by Crippen LogP contribution is 2.24. The van der Waals surface area contributed by atoms with E-state index < -0.39 is 0 Å². The van der Waals surface area contributed by atoms with Crippen molar-refractivity contribution in [3.63, 3.8) is 0 Å². The van der Waals surface area contributed by atoms with Crippen molar-refractivity contribution in [2.45, 2.75) is 6.54 Å². The molecule has 0 fully saturated rings. The van der Waals surface area contributed by atoms with E-state index in [1.54, 1.807) is 20.3 Å². The van der Waals surface area contributed by atoms with Gasteiger partial charge in [-0.15, -0.1) is 0 Å². The molecule has 0 spiro atoms. The van der Waals surface area contributed by atoms with Crippen LogP contribution < -0.4 is 14.8 Å². The molecule has 4 nitrogen and oxygen atoms in total. The van der Waals surface area contributed by atoms with Gasteiger partial charge in [-0.2, -0.15) is 0 Å². The van der Waals surface area contributed by atoms with Gasteiger partial charge in [0.25, 0.3) is 0 Å². The van der Waals surface area contributed by atoms with Gasteiger partial charge in [0.15, 0.2) is 0 Å². The Hall–Kier alpha value is -2.27. The van der Waals surface area contributed by atoms with E-state index in [9.17, 15) is 4.79 Å². The molecule has 2 aromatic rings. The van der Waals surface area contributed by atoms with Gasteiger partial charge in [-0.05, 0) is 42.0 Å². The van der Waals surface area contributed by atoms with Crippen molar-refractivity contribution in [3.05, 3.63) is 64.1 Å². The van der Waals surface area contributed by atoms with Gasteiger partial charge in [0.2, 0.25) is 5.91 Å². The van der Waals surface area contributed by atoms with Gasteiger partial charge in [0, 0.05) is 22.7 Å². The minimum Gasteiger partial charge on any atom is -0.497 e. The number of nitrogens with one attached hydrogen (secondary N) is 1. The zero-order valence-electron chi connectivity index (χ0n) is 13.0. The van der Waals surface area contributed by atoms with Crippen LogP contribution in [0.5, 0.6) is 11.5 Å². The lowest BCUT2D eigenvalue weighted by atomic mass is 10.2. The van der Waals surface area contributed by atoms with Crippen LogP contribution in [0.15, 0.2) is 53.0 Å². The van der Waals surface area contributed by atoms with Crippen LogP contribution in [0.4, 0.5) is 0 Å². The molecule has 0 aliphatic rings. The Kier molecular flexibility index (Phi) is 6.23. The van der Waals surface area contributed by atoms with Crippen LogP contribution in [0.2, 0.25) is 0 Å². The van der Waals surface area contributed by atoms with Crippen molar-refractivity contribution in [3.8, 4) is 11.5 Å². The summed E-state index contributed by atoms with van der Waals surface area (Å²) < 4.78 is 11.4. The average Bonchev–Trinajstić information content (AvgIpc) is 2.58. The molecule has 0 aliphatic heterocycles. The highest BCUT2D eigenvalue weighted by molar-refractivity contribution is 9.10. The number of hydrogen-bond donors (Lipinski definition) is 1. The highest BCUT2D eigenvalue weighted by atomic mass is 79.9. The second-order valence-corrected chi connectivity index (χ2v) is 5.70. The van der Waals surface area contributed by atoms with Crippen LogP contribution in [-0.2, 0) is 11.3 Å². The highest BCUT2D eigenvalue weighted by Gasteiger charge is 2.02. The first-order valence-electron chi connectivity index (χ1n) is 7.05. The molecule has 120 valence electrons. The Morgan fingerprint density at radius 3 is 2.74 bits per heavy atom. The van der Waals surface area contributed by atoms with Crippen molar-refractivity contribution in [2.75, 3.05) is 14.2 Å². The van der Waals surface area contributed by atoms with Crippen LogP contribution in [0.3, 0.4) is 0 Å². The Balaban J connectivity index is 1.98. The Morgan fingerprint density at radius 1 is 1.17 bits per heavy atom. The second kappa shape index (κ2) is 8.39. The topological polar surface area (TPSA) is 47.6 Å². The van der Waals surface area contributed by atoms with E-state index in [4.69, 9.17) is 9.47 Å². The molecule has 0 aromatic heterocycles. The SMILES string of the molecule is COc1cccc(CNC(=O)/C=C/c2cc(Br)ccc2OC)c1. The molecule has 23 heavy (non-hydrogen) atoms. The Morgan fingerprint density at radius 2 is 2.00 bits per heavy atom. The van der Waals surface area contributed by atoms with E-state index in [1.165, 1.54) is 6.08 Å². The minimum absolute atomic E-state index is 0.171. The molecule has 1 N–H and O–H groups in total. The van der Waals surface area contributed by atoms with Crippen LogP contribution in [0, 0.1) is 0 Å². The molecule has 2 rings (SSSR count). The van der Waals surface area contributed by atoms with Gasteiger partial charge >= 0.3 is 0 Å². The first-order valence-corrected chi connectivity index (χ1v) is 7.84. The number of ether oxygens (including phenoxy) is 2. The number of carbonyl (C=O) groups is 1. The number of amides is 1. The number of methoxy groups -OCH3 is 2. The zero-order chi connectivity index (χ0) is 16.7. The molecule has 2 aromatic carbocycles. The summed E-state index contributed by atoms with van der Waals surface area (Å²) in [4.78, 5) is 11.9. The number of hydrogen-bond acceptors (Lipinski definition) is 3. The van der Waals surface area contributed by atoms with Crippen molar-refractivity contribution in [2.24, 2.45) is 0 Å². The molecule has 0 atom stereocenters. The third kappa shape index (κ3) is 5.14. The molecule has 0 saturated heterocycles. The summed E-state index contributed by atoms with van der Waals surface area (Å²) in [7, 11) is 3.22. The van der Waals surface area contributed by atoms with Gasteiger partial charge < -0.3 is 14.8 Å². The largest absolute Gasteiger partial charge is 0.497 e. The molecule has 1 amide bonds. The monoisotopic (exact) mass is 375 g/mol. The molecular weight excluding hydrogens is 358 g/mol. The summed E-state index contributed by atoms with van der Waals surface area (Å²) in [5.74, 6) is 1.31. The lowest BCUT2D eigenvalue weighted by Gasteiger charge is -2.06. The molecule has 0 unspecified atom stereocenters. The van der Waals surface area contributed by atoms with Crippen LogP contribution in [0.1, 0.15) is 11.1 Å². The molecule has 5 heteroatoms. The van der Waals surface area contributed by atoms with Gasteiger partial charge in [0.05, 0.1) is 14.2 Å². The van der Waals surface area contributed by atoms with E-state index in [0.717, 1.165) is 21.3 Å². The van der Waals surface area contributed by atoms with E-state index in [-0.39, 0.29) is 5.91 Å². The van der Waals surface area contributed by atoms with Crippen molar-refractivity contribution in [1.29, 1.82) is 0 Å². The Labute approximate surface area is 144 Å². The summed E-state index contributed by atoms with van der Waals surface area (Å²) in [5.41, 5.74) is 1.81. The van der Waals surface area contributed by atoms with Gasteiger partial charge in [-0.25, -0.2) is 0 Å². The lowest BCUT2D eigenvalue weighted by molar-refractivity contribution is -0.116. The maximum atomic E-state index is 11.9. The Bertz CT molecular complexity index is 713. The van der Waals surface area contributed by atoms with Crippen LogP contribution >= 0.6 is 15.9 Å². The molecule has 0 saturated carbocycles. The van der Waals surface area contributed by atoms with Crippen molar-refractivity contribution in [1.82, 2.24) is 5.32 Å². The van der Waals surface area contributed by atoms with E-state index in [2.05, 4.69) is 21.2 Å². The molecule has 0 radical (unpaired) electrons. The van der Waals surface area contributed by atoms with Gasteiger partial charge in [0.1, 0.15) is 11.5 Å². The van der Waals surface area contributed by atoms with Crippen LogP contribution in [-0.4, -0.2) is 20.1 Å². The predicted octanol–water partition coefficient (Wildman–Crippen LogP) is 3.80. The summed E-state index contributed by atoms with van der Waals surface area (Å²) in [5, 5.41) is 2.84. The summed E-state index contributed by atoms with van der Waals surface area (Å²) in [6, 6.07) is 13.2. The zero-order valence-corrected chi connectivity index (χ0v) is 14.6. The molecule has 0 heterocycles. The van der Waals surface area contributed by atoms with Gasteiger partial charge in [-0.3, -0.25) is 4.79 Å². The average molecular weight is 376 g/mol. The fourth-order valence-electron chi connectivity index (χ4n) is 2.03. The lowest BCUT2D eigenvalue weighted by Crippen LogP contribution is -2.20. The summed E-state index contributed by atoms with van der Waals surface area (Å²) in [6.07, 6.45) is 3.22. The first kappa shape index (κ1) is 17.1. The summed E-state index contributed by atoms with van der Waals surface area (Å²) >= 11 is 3.41. The predicted molar refractivity (Wildman–Crippen MR) is 94.6 cm³/mol. The minimum atomic E-state index is -0.171. The second-order valence-electron chi connectivity index (χ2n) is 4.79. The van der Waals surface area contributed by atoms with E-state index >= 15 is 0 Å². The number of halogens is 1.